The number of anilines is 1. The molecule has 0 atom stereocenters. The van der Waals surface area contributed by atoms with Crippen molar-refractivity contribution in [1.29, 1.82) is 0 Å². The van der Waals surface area contributed by atoms with Gasteiger partial charge >= 0.3 is 0 Å². The van der Waals surface area contributed by atoms with E-state index < -0.39 is 5.68 Å². The summed E-state index contributed by atoms with van der Waals surface area (Å²) in [5, 5.41) is 2.58. The Kier molecular flexibility index (Phi) is 2.85. The Labute approximate surface area is 77.6 Å². The molecule has 1 rings (SSSR count). The third-order valence-corrected chi connectivity index (χ3v) is 1.49. The summed E-state index contributed by atoms with van der Waals surface area (Å²) in [6, 6.07) is 6.38. The second-order valence-corrected chi connectivity index (χ2v) is 2.62. The van der Waals surface area contributed by atoms with E-state index in [1.165, 1.54) is 6.92 Å². The fourth-order valence-electron chi connectivity index (χ4n) is 0.921. The maximum absolute atomic E-state index is 10.7. The van der Waals surface area contributed by atoms with Crippen LogP contribution in [-0.4, -0.2) is 19.4 Å². The van der Waals surface area contributed by atoms with Gasteiger partial charge < -0.3 is 10.1 Å². The van der Waals surface area contributed by atoms with E-state index in [0.29, 0.717) is 11.3 Å². The number of carbonyl (C=O) groups is 2. The van der Waals surface area contributed by atoms with Crippen molar-refractivity contribution >= 4 is 25.1 Å². The second kappa shape index (κ2) is 3.89. The highest BCUT2D eigenvalue weighted by Gasteiger charge is 1.98. The van der Waals surface area contributed by atoms with Crippen LogP contribution in [0, 0.1) is 0 Å². The van der Waals surface area contributed by atoms with Crippen molar-refractivity contribution in [2.24, 2.45) is 0 Å². The average molecular weight is 173 g/mol. The smallest absolute Gasteiger partial charge is 0.221 e. The van der Waals surface area contributed by atoms with Crippen LogP contribution >= 0.6 is 0 Å². The lowest BCUT2D eigenvalue weighted by Gasteiger charge is -2.01. The molecule has 0 heterocycles. The lowest BCUT2D eigenvalue weighted by Crippen LogP contribution is -2.06. The molecule has 0 spiro atoms. The van der Waals surface area contributed by atoms with Gasteiger partial charge in [0.05, 0.1) is 0 Å². The lowest BCUT2D eigenvalue weighted by molar-refractivity contribution is -0.114. The molecule has 64 valence electrons. The van der Waals surface area contributed by atoms with Crippen LogP contribution in [0.5, 0.6) is 0 Å². The minimum atomic E-state index is -0.477. The van der Waals surface area contributed by atoms with Crippen molar-refractivity contribution in [3.05, 3.63) is 29.8 Å². The molecule has 1 N–H and O–H groups in total. The first kappa shape index (κ1) is 9.51. The van der Waals surface area contributed by atoms with Crippen LogP contribution in [0.1, 0.15) is 17.3 Å². The molecule has 0 saturated carbocycles. The molecule has 1 aromatic carbocycles. The predicted molar refractivity (Wildman–Crippen MR) is 50.8 cm³/mol. The van der Waals surface area contributed by atoms with Gasteiger partial charge in [-0.25, -0.2) is 0 Å². The minimum Gasteiger partial charge on any atom is -0.326 e. The van der Waals surface area contributed by atoms with Crippen molar-refractivity contribution < 1.29 is 9.59 Å². The normalized spacial score (nSPS) is 9.31. The minimum absolute atomic E-state index is 0.146. The summed E-state index contributed by atoms with van der Waals surface area (Å²) >= 11 is 0. The summed E-state index contributed by atoms with van der Waals surface area (Å²) in [6.45, 7) is 1.42. The molecule has 0 aliphatic carbocycles. The molecule has 0 aromatic heterocycles. The van der Waals surface area contributed by atoms with Crippen LogP contribution < -0.4 is 5.32 Å². The molecule has 0 unspecified atom stereocenters. The van der Waals surface area contributed by atoms with E-state index in [2.05, 4.69) is 5.32 Å². The maximum Gasteiger partial charge on any atom is 0.221 e. The van der Waals surface area contributed by atoms with E-state index in [4.69, 9.17) is 7.85 Å². The summed E-state index contributed by atoms with van der Waals surface area (Å²) in [5.74, 6) is -0.146. The van der Waals surface area contributed by atoms with Gasteiger partial charge in [0.25, 0.3) is 0 Å². The van der Waals surface area contributed by atoms with Crippen molar-refractivity contribution in [2.75, 3.05) is 5.32 Å². The van der Waals surface area contributed by atoms with Crippen molar-refractivity contribution in [3.63, 3.8) is 0 Å². The highest BCUT2D eigenvalue weighted by atomic mass is 16.1. The summed E-state index contributed by atoms with van der Waals surface area (Å²) in [7, 11) is 5.04. The van der Waals surface area contributed by atoms with Crippen LogP contribution in [0.4, 0.5) is 5.69 Å². The van der Waals surface area contributed by atoms with Crippen LogP contribution in [0.3, 0.4) is 0 Å². The zero-order valence-electron chi connectivity index (χ0n) is 7.20. The number of nitrogens with one attached hydrogen (secondary N) is 1. The van der Waals surface area contributed by atoms with Crippen LogP contribution in [-0.2, 0) is 4.79 Å². The molecule has 1 amide bonds. The first-order chi connectivity index (χ1) is 6.09. The summed E-state index contributed by atoms with van der Waals surface area (Å²) in [6.07, 6.45) is 0. The molecular weight excluding hydrogens is 165 g/mol. The van der Waals surface area contributed by atoms with Crippen molar-refractivity contribution in [3.8, 4) is 0 Å². The molecule has 2 radical (unpaired) electrons. The molecular formula is C9H8BNO2. The van der Waals surface area contributed by atoms with E-state index in [1.807, 2.05) is 0 Å². The zero-order valence-corrected chi connectivity index (χ0v) is 7.20. The fourth-order valence-corrected chi connectivity index (χ4v) is 0.921. The topological polar surface area (TPSA) is 46.2 Å². The first-order valence-electron chi connectivity index (χ1n) is 3.77. The first-order valence-corrected chi connectivity index (χ1v) is 3.77. The number of amides is 1. The van der Waals surface area contributed by atoms with E-state index in [9.17, 15) is 9.59 Å². The molecule has 0 bridgehead atoms. The van der Waals surface area contributed by atoms with E-state index in [1.54, 1.807) is 24.3 Å². The van der Waals surface area contributed by atoms with Gasteiger partial charge in [-0.3, -0.25) is 4.79 Å². The van der Waals surface area contributed by atoms with Crippen molar-refractivity contribution in [2.45, 2.75) is 6.92 Å². The standard InChI is InChI=1S/C9H8BNO2/c1-6(12)11-8-4-2-7(3-5-8)9(10)13/h2-5H,1H3,(H,11,12). The molecule has 0 fully saturated rings. The number of hydrogen-bond acceptors (Lipinski definition) is 2. The Morgan fingerprint density at radius 3 is 2.15 bits per heavy atom. The van der Waals surface area contributed by atoms with Gasteiger partial charge in [0, 0.05) is 18.2 Å². The molecule has 3 nitrogen and oxygen atoms in total. The largest absolute Gasteiger partial charge is 0.326 e. The molecule has 13 heavy (non-hydrogen) atoms. The lowest BCUT2D eigenvalue weighted by atomic mass is 9.95. The summed E-state index contributed by atoms with van der Waals surface area (Å²) in [4.78, 5) is 21.3. The van der Waals surface area contributed by atoms with Gasteiger partial charge in [-0.15, -0.1) is 0 Å². The van der Waals surface area contributed by atoms with Gasteiger partial charge in [-0.2, -0.15) is 0 Å². The number of hydrogen-bond donors (Lipinski definition) is 1. The number of rotatable bonds is 2. The zero-order chi connectivity index (χ0) is 9.84. The monoisotopic (exact) mass is 173 g/mol. The third-order valence-electron chi connectivity index (χ3n) is 1.49. The van der Waals surface area contributed by atoms with Crippen molar-refractivity contribution in [1.82, 2.24) is 0 Å². The summed E-state index contributed by atoms with van der Waals surface area (Å²) < 4.78 is 0. The average Bonchev–Trinajstić information content (AvgIpc) is 2.04. The molecule has 4 heteroatoms. The Bertz CT molecular complexity index is 332. The number of carbonyl (C=O) groups excluding carboxylic acids is 2. The van der Waals surface area contributed by atoms with Crippen LogP contribution in [0.2, 0.25) is 0 Å². The van der Waals surface area contributed by atoms with Gasteiger partial charge in [0.1, 0.15) is 5.68 Å². The van der Waals surface area contributed by atoms with E-state index >= 15 is 0 Å². The Morgan fingerprint density at radius 2 is 1.77 bits per heavy atom. The van der Waals surface area contributed by atoms with E-state index in [0.717, 1.165) is 0 Å². The van der Waals surface area contributed by atoms with Gasteiger partial charge in [-0.1, -0.05) is 12.1 Å². The molecule has 0 aliphatic heterocycles. The van der Waals surface area contributed by atoms with Gasteiger partial charge in [0.15, 0.2) is 7.85 Å². The quantitative estimate of drug-likeness (QED) is 0.676. The highest BCUT2D eigenvalue weighted by Crippen LogP contribution is 2.08. The fraction of sp³-hybridized carbons (Fsp3) is 0.111. The highest BCUT2D eigenvalue weighted by molar-refractivity contribution is 6.62. The molecule has 0 saturated heterocycles. The number of benzene rings is 1. The molecule has 0 aliphatic rings. The van der Waals surface area contributed by atoms with Gasteiger partial charge in [0.2, 0.25) is 5.91 Å². The van der Waals surface area contributed by atoms with Gasteiger partial charge in [-0.05, 0) is 12.1 Å². The van der Waals surface area contributed by atoms with Crippen LogP contribution in [0.15, 0.2) is 24.3 Å². The van der Waals surface area contributed by atoms with E-state index in [-0.39, 0.29) is 5.91 Å². The summed E-state index contributed by atoms with van der Waals surface area (Å²) in [5.41, 5.74) is 0.598. The maximum atomic E-state index is 10.7. The molecule has 1 aromatic rings. The Morgan fingerprint density at radius 1 is 1.23 bits per heavy atom. The SMILES string of the molecule is [B]C(=O)c1ccc(NC(C)=O)cc1. The Balaban J connectivity index is 2.81. The second-order valence-electron chi connectivity index (χ2n) is 2.62. The predicted octanol–water partition coefficient (Wildman–Crippen LogP) is 0.954. The Hall–Kier alpha value is -1.58. The third kappa shape index (κ3) is 2.74. The van der Waals surface area contributed by atoms with Crippen LogP contribution in [0.25, 0.3) is 0 Å².